The second kappa shape index (κ2) is 9.07. The number of carbonyl (C=O) groups excluding carboxylic acids is 1. The van der Waals surface area contributed by atoms with Gasteiger partial charge in [0, 0.05) is 18.0 Å². The van der Waals surface area contributed by atoms with E-state index in [1.54, 1.807) is 18.3 Å². The van der Waals surface area contributed by atoms with Crippen LogP contribution in [0.2, 0.25) is 0 Å². The molecule has 23 heavy (non-hydrogen) atoms. The molecule has 1 amide bonds. The van der Waals surface area contributed by atoms with Gasteiger partial charge in [0.2, 0.25) is 0 Å². The number of aromatic nitrogens is 1. The van der Waals surface area contributed by atoms with E-state index in [1.807, 2.05) is 31.3 Å². The Balaban J connectivity index is 1.93. The van der Waals surface area contributed by atoms with Gasteiger partial charge < -0.3 is 20.4 Å². The van der Waals surface area contributed by atoms with Gasteiger partial charge in [0.05, 0.1) is 12.2 Å². The number of hydrogen-bond acceptors (Lipinski definition) is 4. The molecule has 0 aliphatic rings. The third kappa shape index (κ3) is 5.50. The molecule has 1 aromatic carbocycles. The molecule has 0 unspecified atom stereocenters. The molecular formula is C17H21N3O2S. The summed E-state index contributed by atoms with van der Waals surface area (Å²) in [5.74, 6) is 0.503. The summed E-state index contributed by atoms with van der Waals surface area (Å²) in [4.78, 5) is 15.1. The average molecular weight is 331 g/mol. The predicted octanol–water partition coefficient (Wildman–Crippen LogP) is 3.37. The van der Waals surface area contributed by atoms with Gasteiger partial charge in [-0.2, -0.15) is 0 Å². The van der Waals surface area contributed by atoms with Crippen molar-refractivity contribution in [2.24, 2.45) is 0 Å². The van der Waals surface area contributed by atoms with Crippen LogP contribution in [0.25, 0.3) is 0 Å². The molecule has 0 radical (unpaired) electrons. The molecule has 2 aromatic rings. The van der Waals surface area contributed by atoms with Crippen molar-refractivity contribution < 1.29 is 9.53 Å². The minimum absolute atomic E-state index is 0.238. The maximum Gasteiger partial charge on any atom is 0.258 e. The Bertz CT molecular complexity index is 700. The molecule has 5 nitrogen and oxygen atoms in total. The summed E-state index contributed by atoms with van der Waals surface area (Å²) in [6, 6.07) is 10.8. The van der Waals surface area contributed by atoms with Gasteiger partial charge in [0.25, 0.3) is 5.91 Å². The Morgan fingerprint density at radius 1 is 1.26 bits per heavy atom. The number of benzene rings is 1. The number of unbranched alkanes of at least 4 members (excludes halogenated alkanes) is 1. The molecule has 6 heteroatoms. The Labute approximate surface area is 141 Å². The molecule has 2 rings (SSSR count). The van der Waals surface area contributed by atoms with Crippen LogP contribution in [-0.2, 0) is 0 Å². The molecule has 0 aliphatic heterocycles. The van der Waals surface area contributed by atoms with Crippen molar-refractivity contribution in [1.29, 1.82) is 0 Å². The smallest absolute Gasteiger partial charge is 0.258 e. The number of anilines is 1. The summed E-state index contributed by atoms with van der Waals surface area (Å²) < 4.78 is 6.12. The molecule has 0 bridgehead atoms. The third-order valence-corrected chi connectivity index (χ3v) is 3.58. The molecule has 0 saturated carbocycles. The van der Waals surface area contributed by atoms with Crippen molar-refractivity contribution in [3.63, 3.8) is 0 Å². The Morgan fingerprint density at radius 2 is 2.13 bits per heavy atom. The second-order valence-corrected chi connectivity index (χ2v) is 5.46. The van der Waals surface area contributed by atoms with Crippen LogP contribution >= 0.6 is 12.2 Å². The summed E-state index contributed by atoms with van der Waals surface area (Å²) in [5.41, 5.74) is 1.13. The van der Waals surface area contributed by atoms with Gasteiger partial charge in [-0.1, -0.05) is 18.3 Å². The van der Waals surface area contributed by atoms with Crippen molar-refractivity contribution in [3.8, 4) is 5.75 Å². The van der Waals surface area contributed by atoms with Crippen molar-refractivity contribution in [3.05, 3.63) is 52.8 Å². The number of aromatic amines is 1. The summed E-state index contributed by atoms with van der Waals surface area (Å²) in [7, 11) is 1.94. The molecule has 3 N–H and O–H groups in total. The number of pyridine rings is 1. The lowest BCUT2D eigenvalue weighted by molar-refractivity contribution is 0.102. The fraction of sp³-hybridized carbons (Fsp3) is 0.294. The zero-order valence-corrected chi connectivity index (χ0v) is 13.9. The first-order chi connectivity index (χ1) is 11.2. The second-order valence-electron chi connectivity index (χ2n) is 5.05. The fourth-order valence-corrected chi connectivity index (χ4v) is 2.29. The molecule has 0 saturated heterocycles. The van der Waals surface area contributed by atoms with E-state index >= 15 is 0 Å². The van der Waals surface area contributed by atoms with E-state index in [2.05, 4.69) is 15.6 Å². The summed E-state index contributed by atoms with van der Waals surface area (Å²) in [6.45, 7) is 1.64. The quantitative estimate of drug-likeness (QED) is 0.512. The number of carbonyl (C=O) groups is 1. The standard InChI is InChI=1S/C17H21N3O2S/c1-18-9-2-3-11-22-14-7-4-6-13(12-14)20-16(21)15-8-5-10-19-17(15)23/h4-8,10,12,18H,2-3,9,11H2,1H3,(H,19,23)(H,20,21). The van der Waals surface area contributed by atoms with Crippen LogP contribution in [0.3, 0.4) is 0 Å². The van der Waals surface area contributed by atoms with Crippen LogP contribution in [-0.4, -0.2) is 31.1 Å². The number of amides is 1. The minimum atomic E-state index is -0.238. The first kappa shape index (κ1) is 17.2. The van der Waals surface area contributed by atoms with Crippen LogP contribution in [0.1, 0.15) is 23.2 Å². The zero-order chi connectivity index (χ0) is 16.5. The predicted molar refractivity (Wildman–Crippen MR) is 94.7 cm³/mol. The Kier molecular flexibility index (Phi) is 6.77. The molecule has 0 spiro atoms. The molecule has 0 atom stereocenters. The lowest BCUT2D eigenvalue weighted by atomic mass is 10.2. The molecule has 1 heterocycles. The van der Waals surface area contributed by atoms with Gasteiger partial charge in [-0.25, -0.2) is 0 Å². The molecule has 122 valence electrons. The van der Waals surface area contributed by atoms with E-state index in [0.717, 1.165) is 25.1 Å². The fourth-order valence-electron chi connectivity index (χ4n) is 2.06. The Morgan fingerprint density at radius 3 is 2.91 bits per heavy atom. The Hall–Kier alpha value is -2.18. The summed E-state index contributed by atoms with van der Waals surface area (Å²) in [6.07, 6.45) is 3.75. The van der Waals surface area contributed by atoms with E-state index in [1.165, 1.54) is 0 Å². The number of nitrogens with one attached hydrogen (secondary N) is 3. The van der Waals surface area contributed by atoms with Crippen LogP contribution < -0.4 is 15.4 Å². The van der Waals surface area contributed by atoms with E-state index in [4.69, 9.17) is 17.0 Å². The summed E-state index contributed by atoms with van der Waals surface area (Å²) >= 11 is 5.12. The van der Waals surface area contributed by atoms with Crippen LogP contribution in [0.15, 0.2) is 42.6 Å². The SMILES string of the molecule is CNCCCCOc1cccc(NC(=O)c2ccc[nH]c2=S)c1. The lowest BCUT2D eigenvalue weighted by Gasteiger charge is -2.09. The number of H-pyrrole nitrogens is 1. The topological polar surface area (TPSA) is 66.2 Å². The molecule has 0 fully saturated rings. The van der Waals surface area contributed by atoms with Crippen LogP contribution in [0.5, 0.6) is 5.75 Å². The first-order valence-corrected chi connectivity index (χ1v) is 7.98. The third-order valence-electron chi connectivity index (χ3n) is 3.24. The highest BCUT2D eigenvalue weighted by Crippen LogP contribution is 2.18. The first-order valence-electron chi connectivity index (χ1n) is 7.57. The monoisotopic (exact) mass is 331 g/mol. The molecule has 0 aliphatic carbocycles. The van der Waals surface area contributed by atoms with Gasteiger partial charge in [0.15, 0.2) is 0 Å². The number of ether oxygens (including phenoxy) is 1. The van der Waals surface area contributed by atoms with Crippen LogP contribution in [0, 0.1) is 4.64 Å². The molecular weight excluding hydrogens is 310 g/mol. The zero-order valence-electron chi connectivity index (χ0n) is 13.1. The molecule has 1 aromatic heterocycles. The van der Waals surface area contributed by atoms with Crippen molar-refractivity contribution in [1.82, 2.24) is 10.3 Å². The summed E-state index contributed by atoms with van der Waals surface area (Å²) in [5, 5.41) is 5.94. The number of rotatable bonds is 8. The number of hydrogen-bond donors (Lipinski definition) is 3. The van der Waals surface area contributed by atoms with Crippen LogP contribution in [0.4, 0.5) is 5.69 Å². The van der Waals surface area contributed by atoms with Crippen molar-refractivity contribution in [2.75, 3.05) is 25.5 Å². The van der Waals surface area contributed by atoms with Gasteiger partial charge in [-0.3, -0.25) is 4.79 Å². The van der Waals surface area contributed by atoms with Gasteiger partial charge in [-0.15, -0.1) is 0 Å². The largest absolute Gasteiger partial charge is 0.494 e. The highest BCUT2D eigenvalue weighted by molar-refractivity contribution is 7.71. The van der Waals surface area contributed by atoms with Crippen molar-refractivity contribution >= 4 is 23.8 Å². The van der Waals surface area contributed by atoms with E-state index in [0.29, 0.717) is 22.5 Å². The van der Waals surface area contributed by atoms with E-state index in [9.17, 15) is 4.79 Å². The normalized spacial score (nSPS) is 10.3. The van der Waals surface area contributed by atoms with E-state index in [-0.39, 0.29) is 5.91 Å². The average Bonchev–Trinajstić information content (AvgIpc) is 2.55. The highest BCUT2D eigenvalue weighted by atomic mass is 32.1. The van der Waals surface area contributed by atoms with Gasteiger partial charge in [0.1, 0.15) is 10.4 Å². The van der Waals surface area contributed by atoms with Crippen molar-refractivity contribution in [2.45, 2.75) is 12.8 Å². The maximum atomic E-state index is 12.2. The lowest BCUT2D eigenvalue weighted by Crippen LogP contribution is -2.13. The van der Waals surface area contributed by atoms with Gasteiger partial charge in [-0.05, 0) is 50.7 Å². The van der Waals surface area contributed by atoms with E-state index < -0.39 is 0 Å². The highest BCUT2D eigenvalue weighted by Gasteiger charge is 2.08. The maximum absolute atomic E-state index is 12.2. The minimum Gasteiger partial charge on any atom is -0.494 e. The van der Waals surface area contributed by atoms with Gasteiger partial charge >= 0.3 is 0 Å².